The van der Waals surface area contributed by atoms with Gasteiger partial charge >= 0.3 is 0 Å². The Balaban J connectivity index is 2.04. The number of aromatic nitrogens is 1. The number of carbonyl (C=O) groups excluding carboxylic acids is 3. The summed E-state index contributed by atoms with van der Waals surface area (Å²) in [6.07, 6.45) is 5.20. The number of aliphatic hydroxyl groups is 1. The highest BCUT2D eigenvalue weighted by Gasteiger charge is 2.26. The molecule has 1 fully saturated rings. The number of carbonyl (C=O) groups is 3. The first-order valence-corrected chi connectivity index (χ1v) is 8.95. The van der Waals surface area contributed by atoms with E-state index in [1.54, 1.807) is 0 Å². The van der Waals surface area contributed by atoms with Gasteiger partial charge in [-0.05, 0) is 24.4 Å². The van der Waals surface area contributed by atoms with Crippen molar-refractivity contribution in [3.63, 3.8) is 0 Å². The fraction of sp³-hybridized carbons (Fsp3) is 0.600. The van der Waals surface area contributed by atoms with Crippen molar-refractivity contribution in [2.75, 3.05) is 25.4 Å². The van der Waals surface area contributed by atoms with Crippen molar-refractivity contribution in [2.45, 2.75) is 38.1 Å². The van der Waals surface area contributed by atoms with Crippen molar-refractivity contribution in [3.05, 3.63) is 10.6 Å². The standard InChI is InChI=1S/C15H23N5O4S/c16-11-12(14(17)23)19-25-13(11)15(24)20(6-7-21)8-10(22)18-9-4-2-1-3-5-9/h9,21H,1-8,16H2,(H2,17,23)(H,18,22). The van der Waals surface area contributed by atoms with Gasteiger partial charge in [-0.2, -0.15) is 4.37 Å². The summed E-state index contributed by atoms with van der Waals surface area (Å²) < 4.78 is 3.78. The lowest BCUT2D eigenvalue weighted by molar-refractivity contribution is -0.122. The normalized spacial score (nSPS) is 14.9. The number of nitrogens with zero attached hydrogens (tertiary/aromatic N) is 2. The summed E-state index contributed by atoms with van der Waals surface area (Å²) in [4.78, 5) is 37.3. The molecule has 6 N–H and O–H groups in total. The second kappa shape index (κ2) is 8.77. The van der Waals surface area contributed by atoms with Crippen LogP contribution in [0.5, 0.6) is 0 Å². The molecule has 25 heavy (non-hydrogen) atoms. The third-order valence-corrected chi connectivity index (χ3v) is 4.97. The van der Waals surface area contributed by atoms with Crippen LogP contribution in [0, 0.1) is 0 Å². The summed E-state index contributed by atoms with van der Waals surface area (Å²) in [5.41, 5.74) is 10.6. The Hall–Kier alpha value is -2.20. The first-order chi connectivity index (χ1) is 11.9. The largest absolute Gasteiger partial charge is 0.395 e. The van der Waals surface area contributed by atoms with Crippen LogP contribution in [0.25, 0.3) is 0 Å². The van der Waals surface area contributed by atoms with Crippen molar-refractivity contribution in [1.29, 1.82) is 0 Å². The van der Waals surface area contributed by atoms with Gasteiger partial charge in [0, 0.05) is 12.6 Å². The summed E-state index contributed by atoms with van der Waals surface area (Å²) in [6.45, 7) is -0.525. The third-order valence-electron chi connectivity index (χ3n) is 4.12. The zero-order valence-corrected chi connectivity index (χ0v) is 14.7. The van der Waals surface area contributed by atoms with Gasteiger partial charge < -0.3 is 26.8 Å². The molecule has 0 atom stereocenters. The van der Waals surface area contributed by atoms with Gasteiger partial charge in [0.1, 0.15) is 4.88 Å². The molecule has 9 nitrogen and oxygen atoms in total. The summed E-state index contributed by atoms with van der Waals surface area (Å²) in [7, 11) is 0. The van der Waals surface area contributed by atoms with Gasteiger partial charge in [0.15, 0.2) is 5.69 Å². The SMILES string of the molecule is NC(=O)c1nsc(C(=O)N(CCO)CC(=O)NC2CCCCC2)c1N. The van der Waals surface area contributed by atoms with Gasteiger partial charge in [0.25, 0.3) is 11.8 Å². The molecule has 1 aromatic heterocycles. The number of amides is 3. The zero-order chi connectivity index (χ0) is 18.4. The molecular weight excluding hydrogens is 346 g/mol. The molecule has 0 radical (unpaired) electrons. The van der Waals surface area contributed by atoms with E-state index in [2.05, 4.69) is 9.69 Å². The summed E-state index contributed by atoms with van der Waals surface area (Å²) in [6, 6.07) is 0.127. The van der Waals surface area contributed by atoms with Gasteiger partial charge in [-0.15, -0.1) is 0 Å². The third kappa shape index (κ3) is 4.89. The Morgan fingerprint density at radius 3 is 2.52 bits per heavy atom. The Kier molecular flexibility index (Phi) is 6.71. The number of anilines is 1. The van der Waals surface area contributed by atoms with Crippen LogP contribution in [-0.4, -0.2) is 57.8 Å². The lowest BCUT2D eigenvalue weighted by Gasteiger charge is -2.25. The van der Waals surface area contributed by atoms with Gasteiger partial charge in [-0.25, -0.2) is 0 Å². The summed E-state index contributed by atoms with van der Waals surface area (Å²) in [5.74, 6) is -1.67. The second-order valence-electron chi connectivity index (χ2n) is 5.99. The highest BCUT2D eigenvalue weighted by atomic mass is 32.1. The van der Waals surface area contributed by atoms with Crippen LogP contribution in [-0.2, 0) is 4.79 Å². The number of aliphatic hydroxyl groups excluding tert-OH is 1. The van der Waals surface area contributed by atoms with E-state index in [-0.39, 0.29) is 47.9 Å². The minimum Gasteiger partial charge on any atom is -0.395 e. The Morgan fingerprint density at radius 2 is 1.96 bits per heavy atom. The minimum atomic E-state index is -0.823. The molecule has 2 rings (SSSR count). The first-order valence-electron chi connectivity index (χ1n) is 8.18. The van der Waals surface area contributed by atoms with Crippen molar-refractivity contribution >= 4 is 34.9 Å². The number of rotatable bonds is 7. The van der Waals surface area contributed by atoms with E-state index >= 15 is 0 Å². The highest BCUT2D eigenvalue weighted by Crippen LogP contribution is 2.23. The predicted molar refractivity (Wildman–Crippen MR) is 93.0 cm³/mol. The quantitative estimate of drug-likeness (QED) is 0.518. The number of nitrogen functional groups attached to an aromatic ring is 1. The monoisotopic (exact) mass is 369 g/mol. The van der Waals surface area contributed by atoms with Crippen LogP contribution in [0.15, 0.2) is 0 Å². The Morgan fingerprint density at radius 1 is 1.28 bits per heavy atom. The van der Waals surface area contributed by atoms with Crippen molar-refractivity contribution in [3.8, 4) is 0 Å². The van der Waals surface area contributed by atoms with Crippen LogP contribution in [0.4, 0.5) is 5.69 Å². The molecule has 1 saturated carbocycles. The molecule has 0 aromatic carbocycles. The van der Waals surface area contributed by atoms with Gasteiger partial charge in [-0.1, -0.05) is 19.3 Å². The molecule has 1 aromatic rings. The highest BCUT2D eigenvalue weighted by molar-refractivity contribution is 7.09. The number of nitrogens with two attached hydrogens (primary N) is 2. The Bertz CT molecular complexity index is 642. The smallest absolute Gasteiger partial charge is 0.270 e. The number of hydrogen-bond donors (Lipinski definition) is 4. The van der Waals surface area contributed by atoms with E-state index in [9.17, 15) is 19.5 Å². The average molecular weight is 369 g/mol. The van der Waals surface area contributed by atoms with E-state index in [1.807, 2.05) is 0 Å². The topological polar surface area (TPSA) is 152 Å². The van der Waals surface area contributed by atoms with Crippen molar-refractivity contribution in [1.82, 2.24) is 14.6 Å². The maximum Gasteiger partial charge on any atom is 0.270 e. The lowest BCUT2D eigenvalue weighted by Crippen LogP contribution is -2.45. The van der Waals surface area contributed by atoms with Gasteiger partial charge in [0.2, 0.25) is 5.91 Å². The number of hydrogen-bond acceptors (Lipinski definition) is 7. The molecular formula is C15H23N5O4S. The molecule has 1 aliphatic carbocycles. The average Bonchev–Trinajstić information content (AvgIpc) is 2.96. The van der Waals surface area contributed by atoms with E-state index in [4.69, 9.17) is 11.5 Å². The molecule has 10 heteroatoms. The molecule has 0 bridgehead atoms. The van der Waals surface area contributed by atoms with Crippen molar-refractivity contribution < 1.29 is 19.5 Å². The maximum absolute atomic E-state index is 12.6. The van der Waals surface area contributed by atoms with Gasteiger partial charge in [-0.3, -0.25) is 14.4 Å². The maximum atomic E-state index is 12.6. The fourth-order valence-electron chi connectivity index (χ4n) is 2.84. The predicted octanol–water partition coefficient (Wildman–Crippen LogP) is -0.292. The van der Waals surface area contributed by atoms with E-state index in [0.717, 1.165) is 37.2 Å². The van der Waals surface area contributed by atoms with E-state index < -0.39 is 11.8 Å². The van der Waals surface area contributed by atoms with E-state index in [1.165, 1.54) is 11.3 Å². The molecule has 0 aliphatic heterocycles. The van der Waals surface area contributed by atoms with Crippen LogP contribution < -0.4 is 16.8 Å². The Labute approximate surface area is 149 Å². The fourth-order valence-corrected chi connectivity index (χ4v) is 3.61. The molecule has 0 saturated heterocycles. The van der Waals surface area contributed by atoms with Crippen LogP contribution >= 0.6 is 11.5 Å². The number of nitrogens with one attached hydrogen (secondary N) is 1. The molecule has 1 aliphatic rings. The first kappa shape index (κ1) is 19.1. The molecule has 0 unspecified atom stereocenters. The summed E-state index contributed by atoms with van der Waals surface area (Å²) in [5, 5.41) is 12.1. The lowest BCUT2D eigenvalue weighted by atomic mass is 9.95. The molecule has 3 amide bonds. The van der Waals surface area contributed by atoms with Crippen LogP contribution in [0.3, 0.4) is 0 Å². The van der Waals surface area contributed by atoms with Gasteiger partial charge in [0.05, 0.1) is 18.8 Å². The van der Waals surface area contributed by atoms with Crippen molar-refractivity contribution in [2.24, 2.45) is 5.73 Å². The molecule has 138 valence electrons. The van der Waals surface area contributed by atoms with Crippen LogP contribution in [0.2, 0.25) is 0 Å². The van der Waals surface area contributed by atoms with Crippen LogP contribution in [0.1, 0.15) is 52.3 Å². The minimum absolute atomic E-state index is 0.0276. The second-order valence-corrected chi connectivity index (χ2v) is 6.76. The summed E-state index contributed by atoms with van der Waals surface area (Å²) >= 11 is 0.749. The molecule has 1 heterocycles. The molecule has 0 spiro atoms. The zero-order valence-electron chi connectivity index (χ0n) is 13.9. The number of primary amides is 1. The van der Waals surface area contributed by atoms with E-state index in [0.29, 0.717) is 0 Å².